The number of aromatic nitrogens is 4. The minimum Gasteiger partial charge on any atom is -0.355 e. The van der Waals surface area contributed by atoms with Crippen molar-refractivity contribution < 1.29 is 0 Å². The van der Waals surface area contributed by atoms with Crippen LogP contribution in [0.1, 0.15) is 11.1 Å². The van der Waals surface area contributed by atoms with E-state index < -0.39 is 0 Å². The number of halogens is 1. The predicted molar refractivity (Wildman–Crippen MR) is 114 cm³/mol. The molecule has 0 aliphatic heterocycles. The van der Waals surface area contributed by atoms with Gasteiger partial charge in [0.05, 0.1) is 13.1 Å². The van der Waals surface area contributed by atoms with Gasteiger partial charge in [0.2, 0.25) is 0 Å². The molecule has 0 aliphatic rings. The molecule has 7 nitrogen and oxygen atoms in total. The van der Waals surface area contributed by atoms with Crippen molar-refractivity contribution in [3.63, 3.8) is 0 Å². The molecule has 0 aliphatic carbocycles. The molecule has 138 valence electrons. The van der Waals surface area contributed by atoms with Crippen LogP contribution in [0.25, 0.3) is 0 Å². The summed E-state index contributed by atoms with van der Waals surface area (Å²) in [5.74, 6) is 0.779. The fourth-order valence-electron chi connectivity index (χ4n) is 2.57. The van der Waals surface area contributed by atoms with Crippen LogP contribution in [-0.2, 0) is 19.6 Å². The van der Waals surface area contributed by atoms with Crippen molar-refractivity contribution in [2.75, 3.05) is 13.6 Å². The molecule has 2 aromatic heterocycles. The fourth-order valence-corrected chi connectivity index (χ4v) is 2.57. The first-order valence-electron chi connectivity index (χ1n) is 8.31. The summed E-state index contributed by atoms with van der Waals surface area (Å²) in [4.78, 5) is 4.27. The zero-order valence-corrected chi connectivity index (χ0v) is 17.1. The van der Waals surface area contributed by atoms with E-state index >= 15 is 0 Å². The largest absolute Gasteiger partial charge is 0.355 e. The number of benzene rings is 1. The normalized spacial score (nSPS) is 11.0. The Morgan fingerprint density at radius 1 is 0.962 bits per heavy atom. The lowest BCUT2D eigenvalue weighted by Gasteiger charge is -2.14. The van der Waals surface area contributed by atoms with Gasteiger partial charge < -0.3 is 10.6 Å². The van der Waals surface area contributed by atoms with E-state index in [4.69, 9.17) is 0 Å². The number of nitrogens with one attached hydrogen (secondary N) is 2. The van der Waals surface area contributed by atoms with E-state index in [1.165, 1.54) is 11.1 Å². The van der Waals surface area contributed by atoms with Crippen LogP contribution < -0.4 is 10.6 Å². The third kappa shape index (κ3) is 5.87. The molecule has 0 radical (unpaired) electrons. The Balaban J connectivity index is 0.00000243. The highest BCUT2D eigenvalue weighted by atomic mass is 127. The maximum absolute atomic E-state index is 4.28. The molecule has 2 heterocycles. The van der Waals surface area contributed by atoms with Gasteiger partial charge in [0.1, 0.15) is 0 Å². The molecule has 0 saturated heterocycles. The van der Waals surface area contributed by atoms with Gasteiger partial charge in [-0.25, -0.2) is 0 Å². The monoisotopic (exact) mass is 465 g/mol. The van der Waals surface area contributed by atoms with Crippen LogP contribution in [0.5, 0.6) is 0 Å². The van der Waals surface area contributed by atoms with Crippen molar-refractivity contribution in [1.82, 2.24) is 30.2 Å². The molecule has 3 aromatic rings. The highest BCUT2D eigenvalue weighted by Gasteiger charge is 2.04. The molecule has 1 aromatic carbocycles. The molecule has 0 fully saturated rings. The molecule has 2 N–H and O–H groups in total. The van der Waals surface area contributed by atoms with Crippen LogP contribution in [0.4, 0.5) is 0 Å². The maximum atomic E-state index is 4.28. The van der Waals surface area contributed by atoms with Crippen molar-refractivity contribution in [2.45, 2.75) is 19.6 Å². The number of hydrogen-bond acceptors (Lipinski definition) is 3. The van der Waals surface area contributed by atoms with E-state index in [0.717, 1.165) is 25.6 Å². The van der Waals surface area contributed by atoms with Gasteiger partial charge in [-0.05, 0) is 23.3 Å². The van der Waals surface area contributed by atoms with Crippen molar-refractivity contribution >= 4 is 29.9 Å². The quantitative estimate of drug-likeness (QED) is 0.319. The summed E-state index contributed by atoms with van der Waals surface area (Å²) in [5.41, 5.74) is 2.47. The molecule has 0 atom stereocenters. The average molecular weight is 465 g/mol. The fraction of sp³-hybridized carbons (Fsp3) is 0.278. The lowest BCUT2D eigenvalue weighted by molar-refractivity contribution is 0.597. The van der Waals surface area contributed by atoms with E-state index in [1.54, 1.807) is 19.4 Å². The second-order valence-corrected chi connectivity index (χ2v) is 5.59. The molecule has 0 unspecified atom stereocenters. The van der Waals surface area contributed by atoms with Crippen molar-refractivity contribution in [3.05, 3.63) is 72.3 Å². The van der Waals surface area contributed by atoms with E-state index in [1.807, 2.05) is 33.9 Å². The zero-order valence-electron chi connectivity index (χ0n) is 14.7. The SMILES string of the molecule is CN=C(NCCn1cccn1)NCc1ccccc1Cn1cccn1.I. The Morgan fingerprint density at radius 3 is 2.31 bits per heavy atom. The summed E-state index contributed by atoms with van der Waals surface area (Å²) < 4.78 is 3.82. The molecular formula is C18H24IN7. The summed E-state index contributed by atoms with van der Waals surface area (Å²) in [5, 5.41) is 15.1. The van der Waals surface area contributed by atoms with E-state index in [0.29, 0.717) is 6.54 Å². The molecule has 26 heavy (non-hydrogen) atoms. The molecule has 3 rings (SSSR count). The second kappa shape index (κ2) is 10.6. The Hall–Kier alpha value is -2.36. The molecular weight excluding hydrogens is 441 g/mol. The van der Waals surface area contributed by atoms with E-state index in [2.05, 4.69) is 50.1 Å². The topological polar surface area (TPSA) is 72.1 Å². The van der Waals surface area contributed by atoms with Gasteiger partial charge in [0.15, 0.2) is 5.96 Å². The number of hydrogen-bond donors (Lipinski definition) is 2. The van der Waals surface area contributed by atoms with Gasteiger partial charge >= 0.3 is 0 Å². The van der Waals surface area contributed by atoms with Crippen LogP contribution in [0.2, 0.25) is 0 Å². The van der Waals surface area contributed by atoms with Gasteiger partial charge in [0, 0.05) is 44.9 Å². The number of guanidine groups is 1. The average Bonchev–Trinajstić information content (AvgIpc) is 3.33. The smallest absolute Gasteiger partial charge is 0.191 e. The molecule has 0 amide bonds. The van der Waals surface area contributed by atoms with Crippen molar-refractivity contribution in [3.8, 4) is 0 Å². The lowest BCUT2D eigenvalue weighted by atomic mass is 10.1. The van der Waals surface area contributed by atoms with Gasteiger partial charge in [-0.3, -0.25) is 14.4 Å². The van der Waals surface area contributed by atoms with E-state index in [-0.39, 0.29) is 24.0 Å². The van der Waals surface area contributed by atoms with Gasteiger partial charge in [-0.1, -0.05) is 24.3 Å². The van der Waals surface area contributed by atoms with E-state index in [9.17, 15) is 0 Å². The van der Waals surface area contributed by atoms with Crippen LogP contribution in [0.15, 0.2) is 66.2 Å². The maximum Gasteiger partial charge on any atom is 0.191 e. The Labute approximate surface area is 170 Å². The van der Waals surface area contributed by atoms with Crippen molar-refractivity contribution in [1.29, 1.82) is 0 Å². The minimum absolute atomic E-state index is 0. The summed E-state index contributed by atoms with van der Waals surface area (Å²) in [6.45, 7) is 3.02. The van der Waals surface area contributed by atoms with Crippen molar-refractivity contribution in [2.24, 2.45) is 4.99 Å². The first kappa shape index (κ1) is 20.0. The number of rotatable bonds is 7. The van der Waals surface area contributed by atoms with Crippen LogP contribution in [0, 0.1) is 0 Å². The van der Waals surface area contributed by atoms with Crippen LogP contribution >= 0.6 is 24.0 Å². The third-order valence-electron chi connectivity index (χ3n) is 3.87. The van der Waals surface area contributed by atoms with Gasteiger partial charge in [0.25, 0.3) is 0 Å². The first-order valence-corrected chi connectivity index (χ1v) is 8.31. The number of aliphatic imine (C=N–C) groups is 1. The van der Waals surface area contributed by atoms with Crippen LogP contribution in [-0.4, -0.2) is 39.1 Å². The lowest BCUT2D eigenvalue weighted by Crippen LogP contribution is -2.38. The third-order valence-corrected chi connectivity index (χ3v) is 3.87. The minimum atomic E-state index is 0. The highest BCUT2D eigenvalue weighted by molar-refractivity contribution is 14.0. The van der Waals surface area contributed by atoms with Gasteiger partial charge in [-0.15, -0.1) is 24.0 Å². The number of nitrogens with zero attached hydrogens (tertiary/aromatic N) is 5. The summed E-state index contributed by atoms with van der Waals surface area (Å²) in [6.07, 6.45) is 7.50. The summed E-state index contributed by atoms with van der Waals surface area (Å²) >= 11 is 0. The Bertz CT molecular complexity index is 782. The molecule has 0 bridgehead atoms. The molecule has 0 saturated carbocycles. The standard InChI is InChI=1S/C18H23N7.HI/c1-19-18(20-10-13-24-11-4-8-22-24)21-14-16-6-2-3-7-17(16)15-25-12-5-9-23-25;/h2-9,11-12H,10,13-15H2,1H3,(H2,19,20,21);1H. The zero-order chi connectivity index (χ0) is 17.3. The molecule has 8 heteroatoms. The van der Waals surface area contributed by atoms with Crippen LogP contribution in [0.3, 0.4) is 0 Å². The summed E-state index contributed by atoms with van der Waals surface area (Å²) in [6, 6.07) is 12.2. The Kier molecular flexibility index (Phi) is 8.13. The molecule has 0 spiro atoms. The Morgan fingerprint density at radius 2 is 1.65 bits per heavy atom. The van der Waals surface area contributed by atoms with Gasteiger partial charge in [-0.2, -0.15) is 10.2 Å². The predicted octanol–water partition coefficient (Wildman–Crippen LogP) is 2.11. The summed E-state index contributed by atoms with van der Waals surface area (Å²) in [7, 11) is 1.78. The second-order valence-electron chi connectivity index (χ2n) is 5.59. The first-order chi connectivity index (χ1) is 12.3. The highest BCUT2D eigenvalue weighted by Crippen LogP contribution is 2.10.